The van der Waals surface area contributed by atoms with Crippen molar-refractivity contribution >= 4 is 11.5 Å². The van der Waals surface area contributed by atoms with E-state index in [0.29, 0.717) is 23.4 Å². The fraction of sp³-hybridized carbons (Fsp3) is 0.176. The number of fused-ring (bicyclic) bond motifs is 1. The summed E-state index contributed by atoms with van der Waals surface area (Å²) in [4.78, 5) is 16.4. The molecule has 1 aromatic carbocycles. The molecule has 0 radical (unpaired) electrons. The van der Waals surface area contributed by atoms with E-state index < -0.39 is 0 Å². The highest BCUT2D eigenvalue weighted by molar-refractivity contribution is 5.46. The van der Waals surface area contributed by atoms with Crippen LogP contribution >= 0.6 is 0 Å². The van der Waals surface area contributed by atoms with Gasteiger partial charge in [0.25, 0.3) is 5.56 Å². The lowest BCUT2D eigenvalue weighted by Crippen LogP contribution is -2.22. The van der Waals surface area contributed by atoms with E-state index in [1.54, 1.807) is 30.5 Å². The van der Waals surface area contributed by atoms with Crippen LogP contribution in [0.25, 0.3) is 5.65 Å². The fourth-order valence-electron chi connectivity index (χ4n) is 2.42. The number of hydrogen-bond acceptors (Lipinski definition) is 3. The number of nitrogens with zero attached hydrogens (tertiary/aromatic N) is 2. The molecule has 0 bridgehead atoms. The Morgan fingerprint density at radius 2 is 2.00 bits per heavy atom. The second-order valence-electron chi connectivity index (χ2n) is 5.25. The molecular formula is C17H16FN3O. The Morgan fingerprint density at radius 1 is 1.23 bits per heavy atom. The molecule has 5 heteroatoms. The van der Waals surface area contributed by atoms with Crippen LogP contribution in [-0.2, 0) is 6.42 Å². The Balaban J connectivity index is 1.81. The van der Waals surface area contributed by atoms with Gasteiger partial charge in [-0.3, -0.25) is 9.20 Å². The van der Waals surface area contributed by atoms with Gasteiger partial charge in [0.1, 0.15) is 17.3 Å². The normalized spacial score (nSPS) is 12.3. The molecule has 22 heavy (non-hydrogen) atoms. The third kappa shape index (κ3) is 2.98. The summed E-state index contributed by atoms with van der Waals surface area (Å²) in [6, 6.07) is 13.5. The van der Waals surface area contributed by atoms with E-state index in [1.807, 2.05) is 19.1 Å². The zero-order chi connectivity index (χ0) is 15.5. The van der Waals surface area contributed by atoms with Gasteiger partial charge < -0.3 is 5.32 Å². The monoisotopic (exact) mass is 297 g/mol. The summed E-state index contributed by atoms with van der Waals surface area (Å²) in [6.45, 7) is 1.93. The van der Waals surface area contributed by atoms with E-state index in [4.69, 9.17) is 0 Å². The third-order valence-corrected chi connectivity index (χ3v) is 3.45. The number of halogens is 1. The lowest BCUT2D eigenvalue weighted by molar-refractivity contribution is 0.601. The predicted molar refractivity (Wildman–Crippen MR) is 84.7 cm³/mol. The summed E-state index contributed by atoms with van der Waals surface area (Å²) in [5, 5.41) is 3.16. The molecule has 0 saturated heterocycles. The van der Waals surface area contributed by atoms with Gasteiger partial charge in [-0.1, -0.05) is 24.3 Å². The van der Waals surface area contributed by atoms with Crippen LogP contribution in [0, 0.1) is 5.82 Å². The molecule has 0 fully saturated rings. The highest BCUT2D eigenvalue weighted by atomic mass is 19.1. The largest absolute Gasteiger partial charge is 0.367 e. The zero-order valence-electron chi connectivity index (χ0n) is 12.2. The van der Waals surface area contributed by atoms with Crippen molar-refractivity contribution in [2.75, 3.05) is 5.32 Å². The number of benzene rings is 1. The van der Waals surface area contributed by atoms with E-state index in [0.717, 1.165) is 0 Å². The Bertz CT molecular complexity index is 860. The highest BCUT2D eigenvalue weighted by Crippen LogP contribution is 2.12. The Morgan fingerprint density at radius 3 is 2.82 bits per heavy atom. The molecule has 2 heterocycles. The quantitative estimate of drug-likeness (QED) is 0.805. The second-order valence-corrected chi connectivity index (χ2v) is 5.25. The Kier molecular flexibility index (Phi) is 3.87. The van der Waals surface area contributed by atoms with Crippen LogP contribution in [-0.4, -0.2) is 15.4 Å². The minimum Gasteiger partial charge on any atom is -0.367 e. The maximum atomic E-state index is 13.7. The standard InChI is InChI=1S/C17H16FN3O/c1-12(10-13-6-2-3-7-14(13)18)19-15-11-17(22)21-9-5-4-8-16(21)20-15/h2-9,11-12,19H,10H2,1H3/t12-/m0/s1. The molecule has 0 aliphatic heterocycles. The summed E-state index contributed by atoms with van der Waals surface area (Å²) in [7, 11) is 0. The lowest BCUT2D eigenvalue weighted by Gasteiger charge is -2.15. The van der Waals surface area contributed by atoms with Gasteiger partial charge in [-0.2, -0.15) is 0 Å². The summed E-state index contributed by atoms with van der Waals surface area (Å²) in [6.07, 6.45) is 2.19. The molecule has 0 unspecified atom stereocenters. The van der Waals surface area contributed by atoms with Crippen molar-refractivity contribution in [3.63, 3.8) is 0 Å². The molecule has 2 aromatic heterocycles. The first-order chi connectivity index (χ1) is 10.6. The van der Waals surface area contributed by atoms with Gasteiger partial charge >= 0.3 is 0 Å². The second kappa shape index (κ2) is 5.97. The molecule has 3 aromatic rings. The van der Waals surface area contributed by atoms with Crippen molar-refractivity contribution in [3.8, 4) is 0 Å². The van der Waals surface area contributed by atoms with Gasteiger partial charge in [0.15, 0.2) is 0 Å². The topological polar surface area (TPSA) is 46.4 Å². The molecule has 1 atom stereocenters. The fourth-order valence-corrected chi connectivity index (χ4v) is 2.42. The molecule has 3 rings (SSSR count). The van der Waals surface area contributed by atoms with Gasteiger partial charge in [0, 0.05) is 18.3 Å². The average molecular weight is 297 g/mol. The summed E-state index contributed by atoms with van der Waals surface area (Å²) >= 11 is 0. The molecule has 112 valence electrons. The van der Waals surface area contributed by atoms with Crippen LogP contribution in [0.15, 0.2) is 59.5 Å². The zero-order valence-corrected chi connectivity index (χ0v) is 12.2. The molecule has 0 amide bonds. The maximum Gasteiger partial charge on any atom is 0.259 e. The number of rotatable bonds is 4. The molecule has 4 nitrogen and oxygen atoms in total. The molecule has 0 saturated carbocycles. The van der Waals surface area contributed by atoms with Crippen LogP contribution in [0.1, 0.15) is 12.5 Å². The van der Waals surface area contributed by atoms with E-state index in [2.05, 4.69) is 10.3 Å². The Labute approximate surface area is 127 Å². The number of nitrogens with one attached hydrogen (secondary N) is 1. The van der Waals surface area contributed by atoms with E-state index in [-0.39, 0.29) is 17.4 Å². The minimum absolute atomic E-state index is 0.0463. The number of aromatic nitrogens is 2. The minimum atomic E-state index is -0.220. The van der Waals surface area contributed by atoms with E-state index >= 15 is 0 Å². The summed E-state index contributed by atoms with van der Waals surface area (Å²) in [5.41, 5.74) is 1.07. The van der Waals surface area contributed by atoms with Crippen molar-refractivity contribution < 1.29 is 4.39 Å². The number of pyridine rings is 1. The van der Waals surface area contributed by atoms with Crippen molar-refractivity contribution in [2.45, 2.75) is 19.4 Å². The lowest BCUT2D eigenvalue weighted by atomic mass is 10.1. The maximum absolute atomic E-state index is 13.7. The molecule has 0 spiro atoms. The summed E-state index contributed by atoms with van der Waals surface area (Å²) in [5.74, 6) is 0.280. The van der Waals surface area contributed by atoms with Gasteiger partial charge in [-0.05, 0) is 37.1 Å². The van der Waals surface area contributed by atoms with Crippen LogP contribution < -0.4 is 10.9 Å². The predicted octanol–water partition coefficient (Wildman–Crippen LogP) is 2.88. The van der Waals surface area contributed by atoms with Crippen molar-refractivity contribution in [1.29, 1.82) is 0 Å². The van der Waals surface area contributed by atoms with Crippen LogP contribution in [0.2, 0.25) is 0 Å². The van der Waals surface area contributed by atoms with E-state index in [9.17, 15) is 9.18 Å². The van der Waals surface area contributed by atoms with Crippen molar-refractivity contribution in [3.05, 3.63) is 76.5 Å². The molecule has 1 N–H and O–H groups in total. The first kappa shape index (κ1) is 14.3. The first-order valence-corrected chi connectivity index (χ1v) is 7.12. The van der Waals surface area contributed by atoms with Gasteiger partial charge in [-0.15, -0.1) is 0 Å². The highest BCUT2D eigenvalue weighted by Gasteiger charge is 2.09. The van der Waals surface area contributed by atoms with Crippen molar-refractivity contribution in [2.24, 2.45) is 0 Å². The molecule has 0 aliphatic carbocycles. The number of hydrogen-bond donors (Lipinski definition) is 1. The SMILES string of the molecule is C[C@@H](Cc1ccccc1F)Nc1cc(=O)n2ccccc2n1. The van der Waals surface area contributed by atoms with Gasteiger partial charge in [0.2, 0.25) is 0 Å². The van der Waals surface area contributed by atoms with Crippen molar-refractivity contribution in [1.82, 2.24) is 9.38 Å². The van der Waals surface area contributed by atoms with Crippen LogP contribution in [0.5, 0.6) is 0 Å². The van der Waals surface area contributed by atoms with Crippen LogP contribution in [0.3, 0.4) is 0 Å². The average Bonchev–Trinajstić information content (AvgIpc) is 2.49. The Hall–Kier alpha value is -2.69. The third-order valence-electron chi connectivity index (χ3n) is 3.45. The number of anilines is 1. The molecular weight excluding hydrogens is 281 g/mol. The van der Waals surface area contributed by atoms with Gasteiger partial charge in [-0.25, -0.2) is 9.37 Å². The summed E-state index contributed by atoms with van der Waals surface area (Å²) < 4.78 is 15.1. The smallest absolute Gasteiger partial charge is 0.259 e. The van der Waals surface area contributed by atoms with Crippen LogP contribution in [0.4, 0.5) is 10.2 Å². The molecule has 0 aliphatic rings. The first-order valence-electron chi connectivity index (χ1n) is 7.12. The van der Waals surface area contributed by atoms with E-state index in [1.165, 1.54) is 16.5 Å². The van der Waals surface area contributed by atoms with Gasteiger partial charge in [0.05, 0.1) is 0 Å².